The summed E-state index contributed by atoms with van der Waals surface area (Å²) >= 11 is 0. The van der Waals surface area contributed by atoms with E-state index in [0.717, 1.165) is 0 Å². The summed E-state index contributed by atoms with van der Waals surface area (Å²) in [6.07, 6.45) is 1.31. The molecule has 154 valence electrons. The number of ether oxygens (including phenoxy) is 2. The lowest BCUT2D eigenvalue weighted by molar-refractivity contribution is -0.138. The Morgan fingerprint density at radius 3 is 2.63 bits per heavy atom. The number of benzene rings is 2. The largest absolute Gasteiger partial charge is 0.507 e. The van der Waals surface area contributed by atoms with Gasteiger partial charge >= 0.3 is 17.6 Å². The number of hydrogen-bond acceptors (Lipinski definition) is 7. The fourth-order valence-corrected chi connectivity index (χ4v) is 2.96. The van der Waals surface area contributed by atoms with E-state index in [0.29, 0.717) is 16.7 Å². The van der Waals surface area contributed by atoms with Crippen LogP contribution in [0.4, 0.5) is 0 Å². The Bertz CT molecular complexity index is 1190. The number of para-hydroxylation sites is 1. The summed E-state index contributed by atoms with van der Waals surface area (Å²) in [6, 6.07) is 13.1. The van der Waals surface area contributed by atoms with E-state index >= 15 is 0 Å². The van der Waals surface area contributed by atoms with E-state index in [2.05, 4.69) is 0 Å². The lowest BCUT2D eigenvalue weighted by atomic mass is 10.0. The molecule has 0 bridgehead atoms. The Balaban J connectivity index is 2.05. The molecule has 7 heteroatoms. The molecular formula is C23H20O7. The predicted octanol–water partition coefficient (Wildman–Crippen LogP) is 3.61. The first kappa shape index (κ1) is 20.9. The molecule has 0 aliphatic carbocycles. The number of carbonyl (C=O) groups is 2. The van der Waals surface area contributed by atoms with Crippen molar-refractivity contribution in [1.82, 2.24) is 0 Å². The van der Waals surface area contributed by atoms with Gasteiger partial charge in [-0.15, -0.1) is 0 Å². The molecule has 0 aliphatic heterocycles. The molecular weight excluding hydrogens is 388 g/mol. The quantitative estimate of drug-likeness (QED) is 0.288. The third-order valence-electron chi connectivity index (χ3n) is 4.24. The number of hydrogen-bond donors (Lipinski definition) is 1. The van der Waals surface area contributed by atoms with E-state index in [9.17, 15) is 19.5 Å². The molecule has 0 amide bonds. The second kappa shape index (κ2) is 9.09. The Morgan fingerprint density at radius 2 is 1.90 bits per heavy atom. The van der Waals surface area contributed by atoms with Crippen LogP contribution in [-0.4, -0.2) is 23.7 Å². The highest BCUT2D eigenvalue weighted by molar-refractivity contribution is 5.95. The molecule has 7 nitrogen and oxygen atoms in total. The maximum absolute atomic E-state index is 12.5. The van der Waals surface area contributed by atoms with Crippen molar-refractivity contribution in [2.24, 2.45) is 0 Å². The summed E-state index contributed by atoms with van der Waals surface area (Å²) in [4.78, 5) is 36.1. The smallest absolute Gasteiger partial charge is 0.343 e. The van der Waals surface area contributed by atoms with Gasteiger partial charge in [-0.1, -0.05) is 24.3 Å². The molecule has 0 atom stereocenters. The van der Waals surface area contributed by atoms with Crippen LogP contribution in [0.5, 0.6) is 11.5 Å². The van der Waals surface area contributed by atoms with E-state index < -0.39 is 17.6 Å². The number of aromatic hydroxyl groups is 1. The normalized spacial score (nSPS) is 11.3. The summed E-state index contributed by atoms with van der Waals surface area (Å²) < 4.78 is 15.4. The zero-order valence-corrected chi connectivity index (χ0v) is 16.5. The molecule has 0 radical (unpaired) electrons. The third kappa shape index (κ3) is 4.75. The van der Waals surface area contributed by atoms with Gasteiger partial charge in [0.2, 0.25) is 0 Å². The maximum Gasteiger partial charge on any atom is 0.343 e. The Kier molecular flexibility index (Phi) is 6.32. The molecule has 0 aliphatic rings. The van der Waals surface area contributed by atoms with E-state index in [-0.39, 0.29) is 35.5 Å². The van der Waals surface area contributed by atoms with Gasteiger partial charge in [-0.2, -0.15) is 0 Å². The van der Waals surface area contributed by atoms with Crippen molar-refractivity contribution in [3.8, 4) is 11.5 Å². The van der Waals surface area contributed by atoms with E-state index in [1.165, 1.54) is 13.0 Å². The van der Waals surface area contributed by atoms with Crippen molar-refractivity contribution in [3.63, 3.8) is 0 Å². The molecule has 0 saturated carbocycles. The van der Waals surface area contributed by atoms with E-state index in [1.54, 1.807) is 55.5 Å². The van der Waals surface area contributed by atoms with Crippen LogP contribution in [0.25, 0.3) is 17.0 Å². The first-order valence-corrected chi connectivity index (χ1v) is 9.29. The minimum Gasteiger partial charge on any atom is -0.507 e. The van der Waals surface area contributed by atoms with Crippen molar-refractivity contribution >= 4 is 29.0 Å². The van der Waals surface area contributed by atoms with Crippen molar-refractivity contribution in [2.45, 2.75) is 20.3 Å². The first-order valence-electron chi connectivity index (χ1n) is 9.29. The van der Waals surface area contributed by atoms with E-state index in [4.69, 9.17) is 13.9 Å². The standard InChI is InChI=1S/C23H20O7/c1-3-28-22(26)16(11-15-7-6-8-17(12-15)29-14(2)24)13-19-21(25)18-9-4-5-10-20(18)30-23(19)27/h4-12,25H,3,13H2,1-2H3/b16-11+. The van der Waals surface area contributed by atoms with Crippen LogP contribution in [0, 0.1) is 0 Å². The van der Waals surface area contributed by atoms with Gasteiger partial charge in [-0.3, -0.25) is 4.79 Å². The maximum atomic E-state index is 12.5. The highest BCUT2D eigenvalue weighted by Crippen LogP contribution is 2.28. The van der Waals surface area contributed by atoms with Gasteiger partial charge in [0.1, 0.15) is 17.1 Å². The molecule has 0 spiro atoms. The zero-order chi connectivity index (χ0) is 21.7. The zero-order valence-electron chi connectivity index (χ0n) is 16.5. The molecule has 2 aromatic carbocycles. The van der Waals surface area contributed by atoms with Crippen molar-refractivity contribution in [1.29, 1.82) is 0 Å². The molecule has 1 aromatic heterocycles. The Labute approximate surface area is 172 Å². The van der Waals surface area contributed by atoms with Crippen molar-refractivity contribution in [3.05, 3.63) is 75.7 Å². The van der Waals surface area contributed by atoms with Crippen LogP contribution in [0.1, 0.15) is 25.0 Å². The minimum absolute atomic E-state index is 0.0517. The third-order valence-corrected chi connectivity index (χ3v) is 4.24. The Hall–Kier alpha value is -3.87. The summed E-state index contributed by atoms with van der Waals surface area (Å²) in [5, 5.41) is 11.0. The number of rotatable bonds is 6. The first-order chi connectivity index (χ1) is 14.4. The summed E-state index contributed by atoms with van der Waals surface area (Å²) in [5.41, 5.74) is 0.148. The van der Waals surface area contributed by atoms with Crippen molar-refractivity contribution in [2.75, 3.05) is 6.61 Å². The van der Waals surface area contributed by atoms with Gasteiger partial charge in [-0.05, 0) is 42.8 Å². The highest BCUT2D eigenvalue weighted by atomic mass is 16.5. The topological polar surface area (TPSA) is 103 Å². The SMILES string of the molecule is CCOC(=O)/C(=C/c1cccc(OC(C)=O)c1)Cc1c(O)c2ccccc2oc1=O. The fourth-order valence-electron chi connectivity index (χ4n) is 2.96. The summed E-state index contributed by atoms with van der Waals surface area (Å²) in [5.74, 6) is -1.04. The minimum atomic E-state index is -0.741. The second-order valence-corrected chi connectivity index (χ2v) is 6.45. The van der Waals surface area contributed by atoms with Gasteiger partial charge in [-0.25, -0.2) is 9.59 Å². The van der Waals surface area contributed by atoms with Crippen LogP contribution >= 0.6 is 0 Å². The van der Waals surface area contributed by atoms with Gasteiger partial charge in [0, 0.05) is 18.9 Å². The molecule has 1 N–H and O–H groups in total. The molecule has 3 rings (SSSR count). The van der Waals surface area contributed by atoms with Crippen LogP contribution in [0.2, 0.25) is 0 Å². The van der Waals surface area contributed by atoms with Crippen LogP contribution in [0.3, 0.4) is 0 Å². The van der Waals surface area contributed by atoms with Gasteiger partial charge < -0.3 is 19.0 Å². The molecule has 0 unspecified atom stereocenters. The Morgan fingerprint density at radius 1 is 1.13 bits per heavy atom. The predicted molar refractivity (Wildman–Crippen MR) is 110 cm³/mol. The highest BCUT2D eigenvalue weighted by Gasteiger charge is 2.20. The average molecular weight is 408 g/mol. The summed E-state index contributed by atoms with van der Waals surface area (Å²) in [6.45, 7) is 3.09. The van der Waals surface area contributed by atoms with Crippen LogP contribution < -0.4 is 10.4 Å². The lowest BCUT2D eigenvalue weighted by Gasteiger charge is -2.10. The van der Waals surface area contributed by atoms with Crippen LogP contribution in [0.15, 0.2) is 63.3 Å². The average Bonchev–Trinajstić information content (AvgIpc) is 2.70. The molecule has 0 saturated heterocycles. The fraction of sp³-hybridized carbons (Fsp3) is 0.174. The molecule has 30 heavy (non-hydrogen) atoms. The monoisotopic (exact) mass is 408 g/mol. The number of carbonyl (C=O) groups excluding carboxylic acids is 2. The van der Waals surface area contributed by atoms with E-state index in [1.807, 2.05) is 0 Å². The van der Waals surface area contributed by atoms with Gasteiger partial charge in [0.25, 0.3) is 0 Å². The van der Waals surface area contributed by atoms with Gasteiger partial charge in [0.05, 0.1) is 17.6 Å². The van der Waals surface area contributed by atoms with Crippen molar-refractivity contribution < 1.29 is 28.6 Å². The molecule has 3 aromatic rings. The van der Waals surface area contributed by atoms with Gasteiger partial charge in [0.15, 0.2) is 0 Å². The summed E-state index contributed by atoms with van der Waals surface area (Å²) in [7, 11) is 0. The molecule has 0 fully saturated rings. The van der Waals surface area contributed by atoms with Crippen LogP contribution in [-0.2, 0) is 20.7 Å². The molecule has 1 heterocycles. The number of esters is 2. The lowest BCUT2D eigenvalue weighted by Crippen LogP contribution is -2.15. The second-order valence-electron chi connectivity index (χ2n) is 6.45. The number of fused-ring (bicyclic) bond motifs is 1.